The molecule has 1 saturated carbocycles. The molecule has 19 heavy (non-hydrogen) atoms. The van der Waals surface area contributed by atoms with E-state index in [0.29, 0.717) is 19.0 Å². The first-order chi connectivity index (χ1) is 9.11. The highest BCUT2D eigenvalue weighted by atomic mass is 16.4. The van der Waals surface area contributed by atoms with Crippen LogP contribution in [0.15, 0.2) is 24.3 Å². The Balaban J connectivity index is 1.82. The van der Waals surface area contributed by atoms with Crippen molar-refractivity contribution in [2.45, 2.75) is 37.8 Å². The number of aliphatic carboxylic acids is 1. The Labute approximate surface area is 113 Å². The van der Waals surface area contributed by atoms with Gasteiger partial charge in [0, 0.05) is 24.8 Å². The standard InChI is InChI=1S/C15H20N2O2/c1-11-4-2-3-5-13(11)16-15(14(18)19)8-9-17(10-15)12-6-7-12/h2-5,12,16H,6-10H2,1H3,(H,18,19). The number of rotatable bonds is 4. The largest absolute Gasteiger partial charge is 0.479 e. The maximum Gasteiger partial charge on any atom is 0.330 e. The fraction of sp³-hybridized carbons (Fsp3) is 0.533. The molecule has 1 unspecified atom stereocenters. The molecule has 2 N–H and O–H groups in total. The first-order valence-electron chi connectivity index (χ1n) is 6.92. The highest BCUT2D eigenvalue weighted by Crippen LogP contribution is 2.35. The molecule has 1 atom stereocenters. The number of nitrogens with zero attached hydrogens (tertiary/aromatic N) is 1. The van der Waals surface area contributed by atoms with Crippen molar-refractivity contribution < 1.29 is 9.90 Å². The Bertz CT molecular complexity index is 499. The molecule has 0 bridgehead atoms. The van der Waals surface area contributed by atoms with Crippen LogP contribution in [0.5, 0.6) is 0 Å². The zero-order chi connectivity index (χ0) is 13.5. The Kier molecular flexibility index (Phi) is 2.97. The summed E-state index contributed by atoms with van der Waals surface area (Å²) in [5.41, 5.74) is 1.20. The highest BCUT2D eigenvalue weighted by molar-refractivity contribution is 5.84. The average Bonchev–Trinajstić information content (AvgIpc) is 3.14. The summed E-state index contributed by atoms with van der Waals surface area (Å²) in [5, 5.41) is 12.9. The lowest BCUT2D eigenvalue weighted by Gasteiger charge is -2.28. The zero-order valence-electron chi connectivity index (χ0n) is 11.2. The van der Waals surface area contributed by atoms with Gasteiger partial charge in [0.2, 0.25) is 0 Å². The molecule has 1 aliphatic carbocycles. The van der Waals surface area contributed by atoms with E-state index < -0.39 is 11.5 Å². The van der Waals surface area contributed by atoms with Crippen LogP contribution in [0.2, 0.25) is 0 Å². The number of likely N-dealkylation sites (tertiary alicyclic amines) is 1. The van der Waals surface area contributed by atoms with Crippen molar-refractivity contribution in [2.24, 2.45) is 0 Å². The number of carbonyl (C=O) groups is 1. The predicted molar refractivity (Wildman–Crippen MR) is 74.4 cm³/mol. The van der Waals surface area contributed by atoms with Crippen LogP contribution >= 0.6 is 0 Å². The van der Waals surface area contributed by atoms with Crippen LogP contribution in [0, 0.1) is 6.92 Å². The molecule has 1 aromatic carbocycles. The summed E-state index contributed by atoms with van der Waals surface area (Å²) in [6.45, 7) is 3.50. The molecule has 0 spiro atoms. The first kappa shape index (κ1) is 12.5. The predicted octanol–water partition coefficient (Wildman–Crippen LogP) is 2.10. The first-order valence-corrected chi connectivity index (χ1v) is 6.92. The summed E-state index contributed by atoms with van der Waals surface area (Å²) in [6.07, 6.45) is 3.12. The van der Waals surface area contributed by atoms with E-state index in [1.165, 1.54) is 12.8 Å². The molecule has 2 fully saturated rings. The van der Waals surface area contributed by atoms with E-state index in [4.69, 9.17) is 0 Å². The van der Waals surface area contributed by atoms with Crippen molar-refractivity contribution in [1.29, 1.82) is 0 Å². The average molecular weight is 260 g/mol. The summed E-state index contributed by atoms with van der Waals surface area (Å²) in [7, 11) is 0. The topological polar surface area (TPSA) is 52.6 Å². The fourth-order valence-corrected chi connectivity index (χ4v) is 2.89. The van der Waals surface area contributed by atoms with Crippen molar-refractivity contribution in [3.63, 3.8) is 0 Å². The summed E-state index contributed by atoms with van der Waals surface area (Å²) in [5.74, 6) is -0.737. The molecule has 1 heterocycles. The van der Waals surface area contributed by atoms with Gasteiger partial charge in [-0.05, 0) is 37.8 Å². The minimum atomic E-state index is -0.825. The Morgan fingerprint density at radius 3 is 2.79 bits per heavy atom. The molecule has 0 aromatic heterocycles. The van der Waals surface area contributed by atoms with Crippen LogP contribution in [-0.4, -0.2) is 40.6 Å². The third-order valence-electron chi connectivity index (χ3n) is 4.29. The smallest absolute Gasteiger partial charge is 0.330 e. The SMILES string of the molecule is Cc1ccccc1NC1(C(=O)O)CCN(C2CC2)C1. The monoisotopic (exact) mass is 260 g/mol. The number of nitrogens with one attached hydrogen (secondary N) is 1. The molecule has 102 valence electrons. The quantitative estimate of drug-likeness (QED) is 0.870. The van der Waals surface area contributed by atoms with Gasteiger partial charge in [0.05, 0.1) is 0 Å². The highest BCUT2D eigenvalue weighted by Gasteiger charge is 2.48. The van der Waals surface area contributed by atoms with Crippen LogP contribution in [0.25, 0.3) is 0 Å². The molecule has 0 amide bonds. The molecule has 2 aliphatic rings. The van der Waals surface area contributed by atoms with E-state index in [1.807, 2.05) is 31.2 Å². The lowest BCUT2D eigenvalue weighted by Crippen LogP contribution is -2.49. The van der Waals surface area contributed by atoms with Crippen molar-refractivity contribution >= 4 is 11.7 Å². The second kappa shape index (κ2) is 4.53. The minimum Gasteiger partial charge on any atom is -0.479 e. The number of carboxylic acid groups (broad SMARTS) is 1. The Morgan fingerprint density at radius 1 is 1.42 bits per heavy atom. The van der Waals surface area contributed by atoms with E-state index >= 15 is 0 Å². The molecule has 1 aliphatic heterocycles. The van der Waals surface area contributed by atoms with Crippen LogP contribution in [0.3, 0.4) is 0 Å². The van der Waals surface area contributed by atoms with Gasteiger partial charge in [-0.3, -0.25) is 4.90 Å². The van der Waals surface area contributed by atoms with Crippen molar-refractivity contribution in [3.8, 4) is 0 Å². The van der Waals surface area contributed by atoms with Crippen LogP contribution in [0.1, 0.15) is 24.8 Å². The molecule has 4 heteroatoms. The van der Waals surface area contributed by atoms with Gasteiger partial charge in [0.1, 0.15) is 5.54 Å². The van der Waals surface area contributed by atoms with Gasteiger partial charge in [0.15, 0.2) is 0 Å². The van der Waals surface area contributed by atoms with Crippen LogP contribution in [0.4, 0.5) is 5.69 Å². The van der Waals surface area contributed by atoms with Crippen LogP contribution < -0.4 is 5.32 Å². The summed E-state index contributed by atoms with van der Waals surface area (Å²) in [6, 6.07) is 8.50. The van der Waals surface area contributed by atoms with Gasteiger partial charge in [-0.25, -0.2) is 4.79 Å². The van der Waals surface area contributed by atoms with Crippen molar-refractivity contribution in [2.75, 3.05) is 18.4 Å². The number of benzene rings is 1. The van der Waals surface area contributed by atoms with Gasteiger partial charge in [-0.2, -0.15) is 0 Å². The lowest BCUT2D eigenvalue weighted by atomic mass is 9.97. The molecule has 4 nitrogen and oxygen atoms in total. The fourth-order valence-electron chi connectivity index (χ4n) is 2.89. The summed E-state index contributed by atoms with van der Waals surface area (Å²) < 4.78 is 0. The van der Waals surface area contributed by atoms with Crippen molar-refractivity contribution in [3.05, 3.63) is 29.8 Å². The van der Waals surface area contributed by atoms with Gasteiger partial charge in [-0.1, -0.05) is 18.2 Å². The number of carboxylic acids is 1. The lowest BCUT2D eigenvalue weighted by molar-refractivity contribution is -0.141. The second-order valence-electron chi connectivity index (χ2n) is 5.78. The maximum atomic E-state index is 11.7. The van der Waals surface area contributed by atoms with Gasteiger partial charge >= 0.3 is 5.97 Å². The molecule has 1 aromatic rings. The van der Waals surface area contributed by atoms with Crippen LogP contribution in [-0.2, 0) is 4.79 Å². The van der Waals surface area contributed by atoms with E-state index in [9.17, 15) is 9.90 Å². The molecular weight excluding hydrogens is 240 g/mol. The molecule has 1 saturated heterocycles. The Morgan fingerprint density at radius 2 is 2.16 bits per heavy atom. The minimum absolute atomic E-state index is 0.612. The number of hydrogen-bond donors (Lipinski definition) is 2. The third kappa shape index (κ3) is 2.32. The number of anilines is 1. The van der Waals surface area contributed by atoms with E-state index in [1.54, 1.807) is 0 Å². The van der Waals surface area contributed by atoms with Gasteiger partial charge in [-0.15, -0.1) is 0 Å². The molecule has 3 rings (SSSR count). The van der Waals surface area contributed by atoms with E-state index in [0.717, 1.165) is 17.8 Å². The molecular formula is C15H20N2O2. The zero-order valence-corrected chi connectivity index (χ0v) is 11.2. The third-order valence-corrected chi connectivity index (χ3v) is 4.29. The maximum absolute atomic E-state index is 11.7. The normalized spacial score (nSPS) is 27.4. The van der Waals surface area contributed by atoms with Gasteiger partial charge in [0.25, 0.3) is 0 Å². The van der Waals surface area contributed by atoms with E-state index in [-0.39, 0.29) is 0 Å². The Hall–Kier alpha value is -1.55. The number of aryl methyl sites for hydroxylation is 1. The van der Waals surface area contributed by atoms with E-state index in [2.05, 4.69) is 10.2 Å². The van der Waals surface area contributed by atoms with Crippen molar-refractivity contribution in [1.82, 2.24) is 4.90 Å². The number of hydrogen-bond acceptors (Lipinski definition) is 3. The number of para-hydroxylation sites is 1. The van der Waals surface area contributed by atoms with Gasteiger partial charge < -0.3 is 10.4 Å². The summed E-state index contributed by atoms with van der Waals surface area (Å²) in [4.78, 5) is 14.1. The molecule has 0 radical (unpaired) electrons. The second-order valence-corrected chi connectivity index (χ2v) is 5.78. The summed E-state index contributed by atoms with van der Waals surface area (Å²) >= 11 is 0.